The van der Waals surface area contributed by atoms with Gasteiger partial charge < -0.3 is 5.32 Å². The fourth-order valence-corrected chi connectivity index (χ4v) is 2.71. The van der Waals surface area contributed by atoms with Gasteiger partial charge >= 0.3 is 0 Å². The zero-order chi connectivity index (χ0) is 14.1. The Balaban J connectivity index is 2.07. The molecule has 1 aliphatic heterocycles. The first-order valence-electron chi connectivity index (χ1n) is 6.53. The maximum atomic E-state index is 12.2. The number of nitrogens with one attached hydrogen (secondary N) is 1. The zero-order valence-corrected chi connectivity index (χ0v) is 11.9. The Kier molecular flexibility index (Phi) is 3.24. The third kappa shape index (κ3) is 2.08. The van der Waals surface area contributed by atoms with Crippen molar-refractivity contribution in [2.75, 3.05) is 6.54 Å². The number of hydrogen-bond acceptors (Lipinski definition) is 2. The van der Waals surface area contributed by atoms with Crippen molar-refractivity contribution >= 4 is 40.1 Å². The average molecular weight is 282 g/mol. The summed E-state index contributed by atoms with van der Waals surface area (Å²) < 4.78 is 0. The van der Waals surface area contributed by atoms with E-state index in [-0.39, 0.29) is 5.91 Å². The van der Waals surface area contributed by atoms with Crippen molar-refractivity contribution in [1.82, 2.24) is 10.2 Å². The molecule has 0 saturated carbocycles. The molecule has 1 heterocycles. The van der Waals surface area contributed by atoms with Crippen LogP contribution in [0.15, 0.2) is 48.2 Å². The van der Waals surface area contributed by atoms with Crippen molar-refractivity contribution in [2.45, 2.75) is 6.92 Å². The van der Waals surface area contributed by atoms with Crippen LogP contribution < -0.4 is 5.32 Å². The highest BCUT2D eigenvalue weighted by Crippen LogP contribution is 2.22. The quantitative estimate of drug-likeness (QED) is 0.679. The zero-order valence-electron chi connectivity index (χ0n) is 11.1. The van der Waals surface area contributed by atoms with Gasteiger partial charge in [0.1, 0.15) is 5.70 Å². The highest BCUT2D eigenvalue weighted by atomic mass is 32.1. The van der Waals surface area contributed by atoms with E-state index in [1.807, 2.05) is 37.3 Å². The topological polar surface area (TPSA) is 32.3 Å². The van der Waals surface area contributed by atoms with E-state index in [1.54, 1.807) is 4.90 Å². The number of rotatable bonds is 2. The minimum atomic E-state index is -0.0644. The molecule has 1 N–H and O–H groups in total. The molecule has 3 nitrogen and oxygen atoms in total. The summed E-state index contributed by atoms with van der Waals surface area (Å²) in [5, 5.41) is 5.74. The summed E-state index contributed by atoms with van der Waals surface area (Å²) in [4.78, 5) is 13.8. The number of hydrogen-bond donors (Lipinski definition) is 1. The van der Waals surface area contributed by atoms with Gasteiger partial charge in [0.15, 0.2) is 5.11 Å². The molecule has 2 aromatic rings. The van der Waals surface area contributed by atoms with Gasteiger partial charge in [-0.15, -0.1) is 0 Å². The van der Waals surface area contributed by atoms with Gasteiger partial charge in [-0.2, -0.15) is 0 Å². The molecule has 0 radical (unpaired) electrons. The number of fused-ring (bicyclic) bond motifs is 1. The lowest BCUT2D eigenvalue weighted by atomic mass is 10.0. The Bertz CT molecular complexity index is 731. The van der Waals surface area contributed by atoms with Crippen molar-refractivity contribution in [1.29, 1.82) is 0 Å². The minimum absolute atomic E-state index is 0.0644. The monoisotopic (exact) mass is 282 g/mol. The molecule has 2 aromatic carbocycles. The van der Waals surface area contributed by atoms with Crippen molar-refractivity contribution in [3.63, 3.8) is 0 Å². The molecule has 0 atom stereocenters. The molecule has 1 fully saturated rings. The smallest absolute Gasteiger partial charge is 0.276 e. The summed E-state index contributed by atoms with van der Waals surface area (Å²) in [7, 11) is 0. The normalized spacial score (nSPS) is 17.1. The lowest BCUT2D eigenvalue weighted by molar-refractivity contribution is -0.122. The predicted molar refractivity (Wildman–Crippen MR) is 85.0 cm³/mol. The van der Waals surface area contributed by atoms with Crippen molar-refractivity contribution in [2.24, 2.45) is 0 Å². The van der Waals surface area contributed by atoms with Gasteiger partial charge in [0.2, 0.25) is 0 Å². The number of carbonyl (C=O) groups excluding carboxylic acids is 1. The van der Waals surface area contributed by atoms with Crippen LogP contribution in [-0.4, -0.2) is 22.5 Å². The lowest BCUT2D eigenvalue weighted by Gasteiger charge is -2.08. The molecule has 4 heteroatoms. The van der Waals surface area contributed by atoms with Gasteiger partial charge in [-0.25, -0.2) is 0 Å². The second-order valence-electron chi connectivity index (χ2n) is 4.61. The molecule has 0 aliphatic carbocycles. The van der Waals surface area contributed by atoms with Gasteiger partial charge in [0, 0.05) is 6.54 Å². The summed E-state index contributed by atoms with van der Waals surface area (Å²) in [6.07, 6.45) is 1.87. The second-order valence-corrected chi connectivity index (χ2v) is 4.99. The number of thiocarbonyl (C=S) groups is 1. The predicted octanol–water partition coefficient (Wildman–Crippen LogP) is 2.92. The van der Waals surface area contributed by atoms with E-state index in [4.69, 9.17) is 12.2 Å². The SMILES string of the molecule is CCN1C(=O)/C(=C\c2cccc3ccccc23)NC1=S. The third-order valence-electron chi connectivity index (χ3n) is 3.40. The van der Waals surface area contributed by atoms with E-state index in [1.165, 1.54) is 0 Å². The molecular weight excluding hydrogens is 268 g/mol. The number of nitrogens with zero attached hydrogens (tertiary/aromatic N) is 1. The van der Waals surface area contributed by atoms with Crippen LogP contribution in [-0.2, 0) is 4.79 Å². The molecule has 20 heavy (non-hydrogen) atoms. The van der Waals surface area contributed by atoms with Crippen LogP contribution in [0.4, 0.5) is 0 Å². The first-order valence-corrected chi connectivity index (χ1v) is 6.94. The van der Waals surface area contributed by atoms with E-state index < -0.39 is 0 Å². The number of benzene rings is 2. The number of carbonyl (C=O) groups is 1. The molecule has 100 valence electrons. The fraction of sp³-hybridized carbons (Fsp3) is 0.125. The van der Waals surface area contributed by atoms with E-state index in [9.17, 15) is 4.79 Å². The summed E-state index contributed by atoms with van der Waals surface area (Å²) in [5.74, 6) is -0.0644. The van der Waals surface area contributed by atoms with E-state index in [2.05, 4.69) is 23.5 Å². The summed E-state index contributed by atoms with van der Waals surface area (Å²) in [6.45, 7) is 2.49. The van der Waals surface area contributed by atoms with Crippen LogP contribution in [0.25, 0.3) is 16.8 Å². The van der Waals surface area contributed by atoms with Crippen LogP contribution in [0.2, 0.25) is 0 Å². The molecule has 1 aliphatic rings. The molecule has 0 aromatic heterocycles. The second kappa shape index (κ2) is 5.06. The standard InChI is InChI=1S/C16H14N2OS/c1-2-18-15(19)14(17-16(18)20)10-12-8-5-7-11-6-3-4-9-13(11)12/h3-10H,2H2,1H3,(H,17,20)/b14-10+. The Morgan fingerprint density at radius 2 is 1.95 bits per heavy atom. The Labute approximate surface area is 122 Å². The van der Waals surface area contributed by atoms with Gasteiger partial charge in [-0.05, 0) is 41.6 Å². The van der Waals surface area contributed by atoms with Gasteiger partial charge in [0.05, 0.1) is 0 Å². The van der Waals surface area contributed by atoms with Gasteiger partial charge in [-0.3, -0.25) is 9.69 Å². The largest absolute Gasteiger partial charge is 0.328 e. The third-order valence-corrected chi connectivity index (χ3v) is 3.72. The highest BCUT2D eigenvalue weighted by Gasteiger charge is 2.28. The maximum Gasteiger partial charge on any atom is 0.276 e. The average Bonchev–Trinajstić information content (AvgIpc) is 2.73. The van der Waals surface area contributed by atoms with Crippen LogP contribution in [0, 0.1) is 0 Å². The van der Waals surface area contributed by atoms with Gasteiger partial charge in [0.25, 0.3) is 5.91 Å². The molecule has 0 spiro atoms. The minimum Gasteiger partial charge on any atom is -0.328 e. The summed E-state index contributed by atoms with van der Waals surface area (Å²) in [5.41, 5.74) is 1.55. The van der Waals surface area contributed by atoms with Gasteiger partial charge in [-0.1, -0.05) is 42.5 Å². The Morgan fingerprint density at radius 1 is 1.20 bits per heavy atom. The van der Waals surface area contributed by atoms with Crippen LogP contribution >= 0.6 is 12.2 Å². The molecule has 0 bridgehead atoms. The molecule has 1 saturated heterocycles. The molecular formula is C16H14N2OS. The number of amides is 1. The first-order chi connectivity index (χ1) is 9.70. The molecule has 3 rings (SSSR count). The molecule has 1 amide bonds. The molecule has 0 unspecified atom stereocenters. The van der Waals surface area contributed by atoms with Crippen molar-refractivity contribution in [3.05, 3.63) is 53.7 Å². The maximum absolute atomic E-state index is 12.2. The van der Waals surface area contributed by atoms with E-state index in [0.29, 0.717) is 17.4 Å². The van der Waals surface area contributed by atoms with Crippen molar-refractivity contribution in [3.8, 4) is 0 Å². The van der Waals surface area contributed by atoms with E-state index >= 15 is 0 Å². The van der Waals surface area contributed by atoms with E-state index in [0.717, 1.165) is 16.3 Å². The summed E-state index contributed by atoms with van der Waals surface area (Å²) in [6, 6.07) is 14.2. The number of likely N-dealkylation sites (N-methyl/N-ethyl adjacent to an activating group) is 1. The Morgan fingerprint density at radius 3 is 2.70 bits per heavy atom. The van der Waals surface area contributed by atoms with Crippen LogP contribution in [0.3, 0.4) is 0 Å². The Hall–Kier alpha value is -2.20. The summed E-state index contributed by atoms with van der Waals surface area (Å²) >= 11 is 5.16. The highest BCUT2D eigenvalue weighted by molar-refractivity contribution is 7.80. The van der Waals surface area contributed by atoms with Crippen molar-refractivity contribution < 1.29 is 4.79 Å². The lowest BCUT2D eigenvalue weighted by Crippen LogP contribution is -2.30. The van der Waals surface area contributed by atoms with Crippen LogP contribution in [0.1, 0.15) is 12.5 Å². The fourth-order valence-electron chi connectivity index (χ4n) is 2.39. The van der Waals surface area contributed by atoms with Crippen LogP contribution in [0.5, 0.6) is 0 Å². The first kappa shape index (κ1) is 12.8.